The Kier molecular flexibility index (Phi) is 3.76. The zero-order valence-corrected chi connectivity index (χ0v) is 10.1. The van der Waals surface area contributed by atoms with E-state index in [1.807, 2.05) is 0 Å². The van der Waals surface area contributed by atoms with Gasteiger partial charge in [0.05, 0.1) is 4.90 Å². The van der Waals surface area contributed by atoms with Crippen molar-refractivity contribution in [3.8, 4) is 6.07 Å². The summed E-state index contributed by atoms with van der Waals surface area (Å²) in [4.78, 5) is -0.385. The van der Waals surface area contributed by atoms with Gasteiger partial charge in [0.25, 0.3) is 0 Å². The summed E-state index contributed by atoms with van der Waals surface area (Å²) in [5.74, 6) is -6.49. The van der Waals surface area contributed by atoms with Gasteiger partial charge in [-0.3, -0.25) is 0 Å². The molecule has 2 aromatic carbocycles. The van der Waals surface area contributed by atoms with Crippen molar-refractivity contribution < 1.29 is 17.6 Å². The number of hydrogen-bond donors (Lipinski definition) is 0. The molecule has 0 bridgehead atoms. The van der Waals surface area contributed by atoms with E-state index >= 15 is 0 Å². The van der Waals surface area contributed by atoms with Crippen molar-refractivity contribution in [2.24, 2.45) is 0 Å². The zero-order chi connectivity index (χ0) is 14.0. The number of nitriles is 1. The lowest BCUT2D eigenvalue weighted by Gasteiger charge is -2.08. The minimum Gasteiger partial charge on any atom is -0.202 e. The minimum atomic E-state index is -1.68. The average molecular weight is 283 g/mol. The maximum atomic E-state index is 13.6. The molecule has 0 aromatic heterocycles. The van der Waals surface area contributed by atoms with Gasteiger partial charge >= 0.3 is 0 Å². The topological polar surface area (TPSA) is 23.8 Å². The predicted octanol–water partition coefficient (Wildman–Crippen LogP) is 4.27. The molecule has 2 aromatic rings. The van der Waals surface area contributed by atoms with E-state index in [4.69, 9.17) is 5.26 Å². The van der Waals surface area contributed by atoms with Crippen molar-refractivity contribution in [1.82, 2.24) is 0 Å². The molecule has 6 heteroatoms. The van der Waals surface area contributed by atoms with Crippen molar-refractivity contribution in [3.05, 3.63) is 59.2 Å². The third-order valence-electron chi connectivity index (χ3n) is 2.30. The van der Waals surface area contributed by atoms with E-state index in [1.165, 1.54) is 12.1 Å². The van der Waals surface area contributed by atoms with Crippen LogP contribution in [0.3, 0.4) is 0 Å². The lowest BCUT2D eigenvalue weighted by atomic mass is 10.2. The lowest BCUT2D eigenvalue weighted by molar-refractivity contribution is 0.422. The van der Waals surface area contributed by atoms with E-state index in [-0.39, 0.29) is 0 Å². The summed E-state index contributed by atoms with van der Waals surface area (Å²) in [5, 5.41) is 8.46. The Morgan fingerprint density at radius 2 is 1.37 bits per heavy atom. The largest absolute Gasteiger partial charge is 0.202 e. The highest BCUT2D eigenvalue weighted by atomic mass is 32.2. The van der Waals surface area contributed by atoms with Gasteiger partial charge < -0.3 is 0 Å². The summed E-state index contributed by atoms with van der Waals surface area (Å²) in [6.07, 6.45) is 0. The van der Waals surface area contributed by atoms with Crippen LogP contribution in [-0.4, -0.2) is 0 Å². The molecule has 0 radical (unpaired) electrons. The number of halogens is 4. The smallest absolute Gasteiger partial charge is 0.180 e. The molecule has 0 heterocycles. The second-order valence-corrected chi connectivity index (χ2v) is 4.57. The molecule has 0 fully saturated rings. The van der Waals surface area contributed by atoms with Crippen molar-refractivity contribution in [2.75, 3.05) is 0 Å². The maximum absolute atomic E-state index is 13.6. The van der Waals surface area contributed by atoms with Crippen LogP contribution in [0.1, 0.15) is 5.56 Å². The van der Waals surface area contributed by atoms with Gasteiger partial charge in [0, 0.05) is 4.90 Å². The van der Waals surface area contributed by atoms with E-state index in [2.05, 4.69) is 0 Å². The number of benzene rings is 2. The molecule has 0 saturated heterocycles. The normalized spacial score (nSPS) is 10.3. The Labute approximate surface area is 110 Å². The fourth-order valence-corrected chi connectivity index (χ4v) is 2.29. The molecule has 0 atom stereocenters. The Morgan fingerprint density at radius 1 is 0.842 bits per heavy atom. The number of rotatable bonds is 2. The van der Waals surface area contributed by atoms with Gasteiger partial charge in [0.2, 0.25) is 0 Å². The third-order valence-corrected chi connectivity index (χ3v) is 3.37. The molecule has 19 heavy (non-hydrogen) atoms. The van der Waals surface area contributed by atoms with Gasteiger partial charge in [-0.25, -0.2) is 17.6 Å². The van der Waals surface area contributed by atoms with Crippen LogP contribution in [0.4, 0.5) is 17.6 Å². The van der Waals surface area contributed by atoms with Crippen LogP contribution in [0.2, 0.25) is 0 Å². The molecule has 0 saturated carbocycles. The summed E-state index contributed by atoms with van der Waals surface area (Å²) in [6.45, 7) is 0. The van der Waals surface area contributed by atoms with Crippen molar-refractivity contribution >= 4 is 11.8 Å². The van der Waals surface area contributed by atoms with Gasteiger partial charge in [-0.1, -0.05) is 30.0 Å². The minimum absolute atomic E-state index is 0.420. The zero-order valence-electron chi connectivity index (χ0n) is 9.25. The molecular weight excluding hydrogens is 278 g/mol. The highest BCUT2D eigenvalue weighted by Gasteiger charge is 2.25. The molecule has 1 nitrogen and oxygen atoms in total. The van der Waals surface area contributed by atoms with Gasteiger partial charge in [0.1, 0.15) is 11.6 Å². The fourth-order valence-electron chi connectivity index (χ4n) is 1.41. The lowest BCUT2D eigenvalue weighted by Crippen LogP contribution is -2.02. The van der Waals surface area contributed by atoms with Crippen LogP contribution in [0.25, 0.3) is 0 Å². The molecule has 0 unspecified atom stereocenters. The molecule has 0 aliphatic carbocycles. The standard InChI is InChI=1S/C13H5F4NS/c14-9-8(6-18)10(15)12(17)13(11(9)16)19-7-4-2-1-3-5-7/h1-5H. The Hall–Kier alpha value is -2.00. The first-order valence-corrected chi connectivity index (χ1v) is 5.86. The SMILES string of the molecule is N#Cc1c(F)c(F)c(Sc2ccccc2)c(F)c1F. The van der Waals surface area contributed by atoms with E-state index in [0.717, 1.165) is 6.07 Å². The Bertz CT molecular complexity index is 636. The fraction of sp³-hybridized carbons (Fsp3) is 0. The van der Waals surface area contributed by atoms with Crippen molar-refractivity contribution in [3.63, 3.8) is 0 Å². The summed E-state index contributed by atoms with van der Waals surface area (Å²) in [6, 6.07) is 9.11. The Balaban J connectivity index is 2.57. The molecule has 0 amide bonds. The molecule has 0 aliphatic heterocycles. The first-order chi connectivity index (χ1) is 9.06. The van der Waals surface area contributed by atoms with Crippen LogP contribution in [0.15, 0.2) is 40.1 Å². The quantitative estimate of drug-likeness (QED) is 0.607. The van der Waals surface area contributed by atoms with Crippen LogP contribution in [0.5, 0.6) is 0 Å². The third kappa shape index (κ3) is 2.42. The second-order valence-electron chi connectivity index (χ2n) is 3.49. The first kappa shape index (κ1) is 13.4. The first-order valence-electron chi connectivity index (χ1n) is 5.05. The van der Waals surface area contributed by atoms with Gasteiger partial charge in [-0.2, -0.15) is 5.26 Å². The second kappa shape index (κ2) is 5.33. The van der Waals surface area contributed by atoms with Gasteiger partial charge in [-0.15, -0.1) is 0 Å². The van der Waals surface area contributed by atoms with Crippen molar-refractivity contribution in [2.45, 2.75) is 9.79 Å². The molecule has 0 spiro atoms. The van der Waals surface area contributed by atoms with Crippen LogP contribution in [-0.2, 0) is 0 Å². The summed E-state index contributed by atoms with van der Waals surface area (Å²) in [7, 11) is 0. The van der Waals surface area contributed by atoms with E-state index in [0.29, 0.717) is 16.7 Å². The number of hydrogen-bond acceptors (Lipinski definition) is 2. The van der Waals surface area contributed by atoms with Crippen LogP contribution in [0, 0.1) is 34.6 Å². The van der Waals surface area contributed by atoms with E-state index < -0.39 is 33.7 Å². The molecule has 0 aliphatic rings. The highest BCUT2D eigenvalue weighted by molar-refractivity contribution is 7.99. The van der Waals surface area contributed by atoms with Crippen molar-refractivity contribution in [1.29, 1.82) is 5.26 Å². The predicted molar refractivity (Wildman–Crippen MR) is 61.6 cm³/mol. The highest BCUT2D eigenvalue weighted by Crippen LogP contribution is 2.35. The van der Waals surface area contributed by atoms with E-state index in [9.17, 15) is 17.6 Å². The summed E-state index contributed by atoms with van der Waals surface area (Å²) in [5.41, 5.74) is -1.26. The summed E-state index contributed by atoms with van der Waals surface area (Å²) < 4.78 is 54.0. The van der Waals surface area contributed by atoms with Crippen LogP contribution >= 0.6 is 11.8 Å². The van der Waals surface area contributed by atoms with E-state index in [1.54, 1.807) is 18.2 Å². The number of nitrogens with zero attached hydrogens (tertiary/aromatic N) is 1. The molecular formula is C13H5F4NS. The molecule has 2 rings (SSSR count). The van der Waals surface area contributed by atoms with Gasteiger partial charge in [-0.05, 0) is 12.1 Å². The van der Waals surface area contributed by atoms with Gasteiger partial charge in [0.15, 0.2) is 23.3 Å². The van der Waals surface area contributed by atoms with Crippen LogP contribution < -0.4 is 0 Å². The Morgan fingerprint density at radius 3 is 1.84 bits per heavy atom. The molecule has 96 valence electrons. The maximum Gasteiger partial charge on any atom is 0.180 e. The monoisotopic (exact) mass is 283 g/mol. The average Bonchev–Trinajstić information content (AvgIpc) is 2.43. The summed E-state index contributed by atoms with van der Waals surface area (Å²) >= 11 is 0.549. The molecule has 0 N–H and O–H groups in total.